The van der Waals surface area contributed by atoms with Gasteiger partial charge in [0.1, 0.15) is 18.3 Å². The molecule has 0 aromatic heterocycles. The Kier molecular flexibility index (Phi) is 9.42. The monoisotopic (exact) mass is 256 g/mol. The van der Waals surface area contributed by atoms with E-state index in [1.54, 1.807) is 0 Å². The van der Waals surface area contributed by atoms with Crippen molar-refractivity contribution < 1.29 is 45.3 Å². The van der Waals surface area contributed by atoms with Gasteiger partial charge in [-0.05, 0) is 6.92 Å². The molecule has 0 aromatic rings. The highest BCUT2D eigenvalue weighted by Crippen LogP contribution is 1.99. The van der Waals surface area contributed by atoms with Crippen molar-refractivity contribution in [3.8, 4) is 0 Å². The number of carboxylic acids is 2. The Morgan fingerprint density at radius 1 is 1.00 bits per heavy atom. The van der Waals surface area contributed by atoms with E-state index in [2.05, 4.69) is 0 Å². The molecule has 0 aromatic carbocycles. The highest BCUT2D eigenvalue weighted by molar-refractivity contribution is 5.72. The lowest BCUT2D eigenvalue weighted by atomic mass is 10.1. The van der Waals surface area contributed by atoms with Crippen LogP contribution in [-0.2, 0) is 9.59 Å². The lowest BCUT2D eigenvalue weighted by Crippen LogP contribution is -2.43. The number of hydrogen-bond donors (Lipinski definition) is 7. The van der Waals surface area contributed by atoms with Crippen LogP contribution in [0.1, 0.15) is 6.92 Å². The van der Waals surface area contributed by atoms with Gasteiger partial charge in [-0.3, -0.25) is 0 Å². The molecule has 9 heteroatoms. The van der Waals surface area contributed by atoms with E-state index in [1.165, 1.54) is 6.92 Å². The Morgan fingerprint density at radius 3 is 1.53 bits per heavy atom. The van der Waals surface area contributed by atoms with Crippen LogP contribution < -0.4 is 0 Å². The first-order chi connectivity index (χ1) is 7.64. The minimum Gasteiger partial charge on any atom is -0.479 e. The molecule has 0 saturated heterocycles. The molecule has 0 amide bonds. The maximum Gasteiger partial charge on any atom is 0.335 e. The molecule has 0 heterocycles. The van der Waals surface area contributed by atoms with Gasteiger partial charge in [-0.25, -0.2) is 9.59 Å². The van der Waals surface area contributed by atoms with E-state index in [-0.39, 0.29) is 0 Å². The van der Waals surface area contributed by atoms with Crippen molar-refractivity contribution in [2.45, 2.75) is 31.3 Å². The molecule has 0 radical (unpaired) electrons. The number of carboxylic acid groups (broad SMARTS) is 2. The number of aliphatic hydroxyl groups is 5. The van der Waals surface area contributed by atoms with Crippen molar-refractivity contribution in [2.75, 3.05) is 6.61 Å². The summed E-state index contributed by atoms with van der Waals surface area (Å²) >= 11 is 0. The van der Waals surface area contributed by atoms with Gasteiger partial charge in [0.2, 0.25) is 0 Å². The summed E-state index contributed by atoms with van der Waals surface area (Å²) < 4.78 is 0. The molecule has 0 aliphatic rings. The summed E-state index contributed by atoms with van der Waals surface area (Å²) in [5.74, 6) is -2.83. The summed E-state index contributed by atoms with van der Waals surface area (Å²) in [6.45, 7) is 0.397. The molecule has 17 heavy (non-hydrogen) atoms. The van der Waals surface area contributed by atoms with Crippen molar-refractivity contribution in [3.05, 3.63) is 0 Å². The molecule has 0 bridgehead atoms. The van der Waals surface area contributed by atoms with Gasteiger partial charge in [0.05, 0.1) is 6.61 Å². The zero-order chi connectivity index (χ0) is 14.2. The molecule has 0 aliphatic heterocycles. The molecular formula is C8H16O9. The lowest BCUT2D eigenvalue weighted by Gasteiger charge is -2.17. The van der Waals surface area contributed by atoms with Crippen molar-refractivity contribution in [2.24, 2.45) is 0 Å². The van der Waals surface area contributed by atoms with Crippen molar-refractivity contribution in [1.29, 1.82) is 0 Å². The van der Waals surface area contributed by atoms with E-state index in [1.807, 2.05) is 0 Å². The lowest BCUT2D eigenvalue weighted by molar-refractivity contribution is -0.159. The summed E-state index contributed by atoms with van der Waals surface area (Å²) in [5, 5.41) is 58.0. The second kappa shape index (κ2) is 8.84. The molecule has 7 N–H and O–H groups in total. The number of aliphatic carboxylic acids is 2. The highest BCUT2D eigenvalue weighted by atomic mass is 16.4. The largest absolute Gasteiger partial charge is 0.479 e. The summed E-state index contributed by atoms with van der Waals surface area (Å²) in [6.07, 6.45) is -6.80. The Hall–Kier alpha value is -1.26. The summed E-state index contributed by atoms with van der Waals surface area (Å²) in [6, 6.07) is 0. The summed E-state index contributed by atoms with van der Waals surface area (Å²) in [7, 11) is 0. The zero-order valence-corrected chi connectivity index (χ0v) is 8.96. The van der Waals surface area contributed by atoms with Crippen LogP contribution in [0.4, 0.5) is 0 Å². The van der Waals surface area contributed by atoms with Gasteiger partial charge < -0.3 is 35.7 Å². The highest BCUT2D eigenvalue weighted by Gasteiger charge is 2.29. The van der Waals surface area contributed by atoms with E-state index in [0.29, 0.717) is 0 Å². The molecule has 0 rings (SSSR count). The average Bonchev–Trinajstić information content (AvgIpc) is 2.26. The van der Waals surface area contributed by atoms with Gasteiger partial charge in [-0.2, -0.15) is 0 Å². The minimum atomic E-state index is -2.07. The number of rotatable bonds is 5. The molecule has 0 aliphatic carbocycles. The van der Waals surface area contributed by atoms with E-state index in [0.717, 1.165) is 0 Å². The first kappa shape index (κ1) is 18.1. The van der Waals surface area contributed by atoms with Crippen LogP contribution in [0.25, 0.3) is 0 Å². The maximum atomic E-state index is 9.96. The van der Waals surface area contributed by atoms with Crippen LogP contribution in [0, 0.1) is 0 Å². The van der Waals surface area contributed by atoms with Gasteiger partial charge in [-0.1, -0.05) is 0 Å². The molecule has 0 spiro atoms. The molecule has 4 atom stereocenters. The standard InChI is InChI=1S/C5H10O6.C3H6O3/c6-1-2(7)3(8)4(9)5(10)11;1-2(4)3(5)6/h2-4,6-9H,1H2,(H,10,11);2,4H,1H3,(H,5,6). The van der Waals surface area contributed by atoms with Gasteiger partial charge in [0.15, 0.2) is 6.10 Å². The minimum absolute atomic E-state index is 0.800. The zero-order valence-electron chi connectivity index (χ0n) is 8.96. The Bertz CT molecular complexity index is 239. The third-order valence-electron chi connectivity index (χ3n) is 1.52. The Morgan fingerprint density at radius 2 is 1.35 bits per heavy atom. The van der Waals surface area contributed by atoms with Gasteiger partial charge in [0.25, 0.3) is 0 Å². The molecule has 0 fully saturated rings. The first-order valence-corrected chi connectivity index (χ1v) is 4.43. The summed E-state index contributed by atoms with van der Waals surface area (Å²) in [5.41, 5.74) is 0. The number of carbonyl (C=O) groups is 2. The van der Waals surface area contributed by atoms with E-state index in [9.17, 15) is 9.59 Å². The van der Waals surface area contributed by atoms with E-state index < -0.39 is 43.0 Å². The van der Waals surface area contributed by atoms with Crippen LogP contribution in [-0.4, -0.2) is 78.7 Å². The van der Waals surface area contributed by atoms with Gasteiger partial charge in [0, 0.05) is 0 Å². The van der Waals surface area contributed by atoms with Crippen LogP contribution in [0.5, 0.6) is 0 Å². The Balaban J connectivity index is 0. The van der Waals surface area contributed by atoms with Crippen molar-refractivity contribution >= 4 is 11.9 Å². The second-order valence-corrected chi connectivity index (χ2v) is 3.04. The smallest absolute Gasteiger partial charge is 0.335 e. The number of hydrogen-bond acceptors (Lipinski definition) is 7. The molecule has 102 valence electrons. The quantitative estimate of drug-likeness (QED) is 0.264. The Labute approximate surface area is 96.2 Å². The first-order valence-electron chi connectivity index (χ1n) is 4.43. The van der Waals surface area contributed by atoms with Gasteiger partial charge in [-0.15, -0.1) is 0 Å². The average molecular weight is 256 g/mol. The molecule has 4 unspecified atom stereocenters. The summed E-state index contributed by atoms with van der Waals surface area (Å²) in [4.78, 5) is 19.4. The van der Waals surface area contributed by atoms with Crippen molar-refractivity contribution in [1.82, 2.24) is 0 Å². The van der Waals surface area contributed by atoms with E-state index >= 15 is 0 Å². The normalized spacial score (nSPS) is 17.1. The van der Waals surface area contributed by atoms with Gasteiger partial charge >= 0.3 is 11.9 Å². The predicted octanol–water partition coefficient (Wildman–Crippen LogP) is -3.40. The fourth-order valence-corrected chi connectivity index (χ4v) is 0.465. The fourth-order valence-electron chi connectivity index (χ4n) is 0.465. The second-order valence-electron chi connectivity index (χ2n) is 3.04. The topological polar surface area (TPSA) is 176 Å². The molecule has 0 saturated carbocycles. The van der Waals surface area contributed by atoms with E-state index in [4.69, 9.17) is 35.7 Å². The fraction of sp³-hybridized carbons (Fsp3) is 0.750. The number of aliphatic hydroxyl groups excluding tert-OH is 5. The third kappa shape index (κ3) is 8.54. The third-order valence-corrected chi connectivity index (χ3v) is 1.52. The maximum absolute atomic E-state index is 9.96. The SMILES string of the molecule is CC(O)C(=O)O.O=C(O)C(O)C(O)C(O)CO. The van der Waals surface area contributed by atoms with Crippen LogP contribution in [0.3, 0.4) is 0 Å². The van der Waals surface area contributed by atoms with Crippen LogP contribution in [0.15, 0.2) is 0 Å². The predicted molar refractivity (Wildman–Crippen MR) is 52.1 cm³/mol. The molecular weight excluding hydrogens is 240 g/mol. The van der Waals surface area contributed by atoms with Crippen molar-refractivity contribution in [3.63, 3.8) is 0 Å². The van der Waals surface area contributed by atoms with Crippen LogP contribution >= 0.6 is 0 Å². The van der Waals surface area contributed by atoms with Crippen LogP contribution in [0.2, 0.25) is 0 Å². The molecule has 9 nitrogen and oxygen atoms in total.